The summed E-state index contributed by atoms with van der Waals surface area (Å²) in [6.07, 6.45) is 1.43. The van der Waals surface area contributed by atoms with Crippen LogP contribution in [0, 0.1) is 0 Å². The fourth-order valence-corrected chi connectivity index (χ4v) is 3.56. The Morgan fingerprint density at radius 2 is 2.22 bits per heavy atom. The molecule has 0 aliphatic rings. The van der Waals surface area contributed by atoms with Gasteiger partial charge in [-0.25, -0.2) is 13.1 Å². The van der Waals surface area contributed by atoms with Gasteiger partial charge in [0.25, 0.3) is 0 Å². The summed E-state index contributed by atoms with van der Waals surface area (Å²) in [5, 5.41) is 11.8. The Hall–Kier alpha value is -1.15. The normalized spacial score (nSPS) is 15.4. The van der Waals surface area contributed by atoms with Crippen molar-refractivity contribution >= 4 is 21.4 Å². The van der Waals surface area contributed by atoms with E-state index in [4.69, 9.17) is 4.42 Å². The van der Waals surface area contributed by atoms with Crippen molar-refractivity contribution in [3.63, 3.8) is 0 Å². The van der Waals surface area contributed by atoms with Crippen LogP contribution in [0.1, 0.15) is 12.7 Å². The molecule has 0 saturated heterocycles. The van der Waals surface area contributed by atoms with Gasteiger partial charge in [-0.05, 0) is 30.5 Å². The fraction of sp³-hybridized carbons (Fsp3) is 0.273. The molecule has 0 amide bonds. The lowest BCUT2D eigenvalue weighted by atomic mass is 10.1. The number of hydrogen-bond donors (Lipinski definition) is 2. The molecule has 7 heteroatoms. The minimum atomic E-state index is -3.57. The maximum atomic E-state index is 11.9. The molecule has 0 aliphatic carbocycles. The largest absolute Gasteiger partial charge is 0.466 e. The van der Waals surface area contributed by atoms with Crippen LogP contribution in [0.25, 0.3) is 0 Å². The molecule has 1 unspecified atom stereocenters. The summed E-state index contributed by atoms with van der Waals surface area (Å²) in [4.78, 5) is 0. The number of furan rings is 1. The molecule has 0 radical (unpaired) electrons. The van der Waals surface area contributed by atoms with Gasteiger partial charge in [-0.3, -0.25) is 0 Å². The van der Waals surface area contributed by atoms with Crippen LogP contribution in [0.2, 0.25) is 0 Å². The highest BCUT2D eigenvalue weighted by Crippen LogP contribution is 2.21. The lowest BCUT2D eigenvalue weighted by Crippen LogP contribution is -2.38. The maximum Gasteiger partial charge on any atom is 0.250 e. The maximum absolute atomic E-state index is 11.9. The van der Waals surface area contributed by atoms with Gasteiger partial charge in [0.05, 0.1) is 6.26 Å². The topological polar surface area (TPSA) is 79.5 Å². The zero-order chi connectivity index (χ0) is 13.2. The van der Waals surface area contributed by atoms with Gasteiger partial charge in [0.15, 0.2) is 0 Å². The number of rotatable bonds is 5. The van der Waals surface area contributed by atoms with Crippen LogP contribution in [0.3, 0.4) is 0 Å². The van der Waals surface area contributed by atoms with Gasteiger partial charge in [0.1, 0.15) is 15.6 Å². The van der Waals surface area contributed by atoms with E-state index in [0.717, 1.165) is 11.3 Å². The Kier molecular flexibility index (Phi) is 3.58. The molecule has 5 nitrogen and oxygen atoms in total. The number of hydrogen-bond acceptors (Lipinski definition) is 5. The first-order chi connectivity index (χ1) is 8.42. The first-order valence-electron chi connectivity index (χ1n) is 5.21. The number of nitrogens with one attached hydrogen (secondary N) is 1. The van der Waals surface area contributed by atoms with Crippen LogP contribution in [0.4, 0.5) is 0 Å². The van der Waals surface area contributed by atoms with Crippen LogP contribution < -0.4 is 4.72 Å². The molecule has 2 rings (SSSR count). The van der Waals surface area contributed by atoms with E-state index in [1.54, 1.807) is 23.6 Å². The average molecular weight is 287 g/mol. The van der Waals surface area contributed by atoms with E-state index in [1.807, 2.05) is 0 Å². The molecule has 0 spiro atoms. The second-order valence-electron chi connectivity index (χ2n) is 4.01. The van der Waals surface area contributed by atoms with Crippen molar-refractivity contribution in [3.05, 3.63) is 41.7 Å². The SMILES string of the molecule is CC(O)(CNS(=O)(=O)c1cccs1)c1ccco1. The quantitative estimate of drug-likeness (QED) is 0.874. The van der Waals surface area contributed by atoms with E-state index in [2.05, 4.69) is 4.72 Å². The van der Waals surface area contributed by atoms with Gasteiger partial charge in [-0.2, -0.15) is 0 Å². The second kappa shape index (κ2) is 4.85. The first-order valence-corrected chi connectivity index (χ1v) is 7.58. The van der Waals surface area contributed by atoms with Crippen LogP contribution >= 0.6 is 11.3 Å². The fourth-order valence-electron chi connectivity index (χ4n) is 1.40. The van der Waals surface area contributed by atoms with Crippen LogP contribution in [0.15, 0.2) is 44.5 Å². The van der Waals surface area contributed by atoms with Crippen molar-refractivity contribution in [2.24, 2.45) is 0 Å². The Morgan fingerprint density at radius 1 is 1.44 bits per heavy atom. The molecular formula is C11H13NO4S2. The van der Waals surface area contributed by atoms with Crippen LogP contribution in [-0.2, 0) is 15.6 Å². The minimum Gasteiger partial charge on any atom is -0.466 e. The predicted molar refractivity (Wildman–Crippen MR) is 67.8 cm³/mol. The molecule has 2 aromatic heterocycles. The van der Waals surface area contributed by atoms with Crippen molar-refractivity contribution in [2.75, 3.05) is 6.54 Å². The lowest BCUT2D eigenvalue weighted by Gasteiger charge is -2.20. The third-order valence-corrected chi connectivity index (χ3v) is 5.22. The van der Waals surface area contributed by atoms with Crippen molar-refractivity contribution < 1.29 is 17.9 Å². The van der Waals surface area contributed by atoms with Crippen LogP contribution in [-0.4, -0.2) is 20.1 Å². The van der Waals surface area contributed by atoms with Crippen molar-refractivity contribution in [1.82, 2.24) is 4.72 Å². The first kappa shape index (κ1) is 13.3. The highest BCUT2D eigenvalue weighted by molar-refractivity contribution is 7.91. The lowest BCUT2D eigenvalue weighted by molar-refractivity contribution is 0.0396. The summed E-state index contributed by atoms with van der Waals surface area (Å²) in [5.74, 6) is 0.316. The van der Waals surface area contributed by atoms with E-state index in [0.29, 0.717) is 5.76 Å². The predicted octanol–water partition coefficient (Wildman–Crippen LogP) is 1.53. The highest BCUT2D eigenvalue weighted by Gasteiger charge is 2.28. The molecule has 18 heavy (non-hydrogen) atoms. The van der Waals surface area contributed by atoms with Gasteiger partial charge < -0.3 is 9.52 Å². The van der Waals surface area contributed by atoms with Crippen molar-refractivity contribution in [1.29, 1.82) is 0 Å². The van der Waals surface area contributed by atoms with E-state index >= 15 is 0 Å². The molecule has 0 bridgehead atoms. The Labute approximate surface area is 109 Å². The molecule has 0 saturated carbocycles. The van der Waals surface area contributed by atoms with Gasteiger partial charge >= 0.3 is 0 Å². The minimum absolute atomic E-state index is 0.152. The molecular weight excluding hydrogens is 274 g/mol. The van der Waals surface area contributed by atoms with Crippen molar-refractivity contribution in [3.8, 4) is 0 Å². The Bertz CT molecular complexity index is 585. The highest BCUT2D eigenvalue weighted by atomic mass is 32.2. The number of sulfonamides is 1. The summed E-state index contributed by atoms with van der Waals surface area (Å²) in [5.41, 5.74) is -1.38. The van der Waals surface area contributed by atoms with E-state index in [-0.39, 0.29) is 10.8 Å². The summed E-state index contributed by atoms with van der Waals surface area (Å²) < 4.78 is 31.4. The number of thiophene rings is 1. The summed E-state index contributed by atoms with van der Waals surface area (Å²) >= 11 is 1.12. The molecule has 0 aromatic carbocycles. The zero-order valence-electron chi connectivity index (χ0n) is 9.66. The number of aliphatic hydroxyl groups is 1. The molecule has 0 fully saturated rings. The van der Waals surface area contributed by atoms with E-state index in [1.165, 1.54) is 19.3 Å². The van der Waals surface area contributed by atoms with Gasteiger partial charge in [0.2, 0.25) is 10.0 Å². The van der Waals surface area contributed by atoms with Gasteiger partial charge in [-0.15, -0.1) is 11.3 Å². The third kappa shape index (κ3) is 2.81. The monoisotopic (exact) mass is 287 g/mol. The second-order valence-corrected chi connectivity index (χ2v) is 6.95. The standard InChI is InChI=1S/C11H13NO4S2/c1-11(13,9-4-2-6-16-9)8-12-18(14,15)10-5-3-7-17-10/h2-7,12-13H,8H2,1H3. The summed E-state index contributed by atoms with van der Waals surface area (Å²) in [6, 6.07) is 6.40. The zero-order valence-corrected chi connectivity index (χ0v) is 11.3. The molecule has 2 heterocycles. The van der Waals surface area contributed by atoms with Gasteiger partial charge in [0, 0.05) is 6.54 Å². The van der Waals surface area contributed by atoms with E-state index in [9.17, 15) is 13.5 Å². The van der Waals surface area contributed by atoms with Crippen LogP contribution in [0.5, 0.6) is 0 Å². The summed E-state index contributed by atoms with van der Waals surface area (Å²) in [7, 11) is -3.57. The van der Waals surface area contributed by atoms with Crippen molar-refractivity contribution in [2.45, 2.75) is 16.7 Å². The summed E-state index contributed by atoms with van der Waals surface area (Å²) in [6.45, 7) is 1.34. The Balaban J connectivity index is 2.09. The molecule has 2 aromatic rings. The molecule has 0 aliphatic heterocycles. The molecule has 2 N–H and O–H groups in total. The Morgan fingerprint density at radius 3 is 2.78 bits per heavy atom. The average Bonchev–Trinajstić information content (AvgIpc) is 2.99. The third-order valence-electron chi connectivity index (χ3n) is 2.42. The van der Waals surface area contributed by atoms with Gasteiger partial charge in [-0.1, -0.05) is 6.07 Å². The molecule has 1 atom stereocenters. The van der Waals surface area contributed by atoms with E-state index < -0.39 is 15.6 Å². The smallest absolute Gasteiger partial charge is 0.250 e. The molecule has 98 valence electrons.